The van der Waals surface area contributed by atoms with Gasteiger partial charge in [-0.1, -0.05) is 119 Å². The number of hydrazine groups is 1. The number of aromatic nitrogens is 1. The van der Waals surface area contributed by atoms with Crippen molar-refractivity contribution in [3.8, 4) is 0 Å². The molecule has 5 amide bonds. The lowest BCUT2D eigenvalue weighted by Gasteiger charge is -2.35. The standard InChI is InChI=1S/C44H57N7O6/c1-6-30(3)39(47-43(55)57-5)41(53)48-50(27-33-18-12-9-13-19-33)29-38(52)37(26-32-16-10-8-11-17-32)46-42(54)40(31(4)7-2)51-25-24-49(44(51)56)28-34-22-23-45-36-21-15-14-20-35(34)36/h8-23,30-31,37-40,52H,6-7,24-29H2,1-5H3,(H,46,54)(H,47,55)(H,48,53)/t30-,31-,37-,38-,39-,40-/m0/s1. The van der Waals surface area contributed by atoms with Crippen molar-refractivity contribution >= 4 is 34.8 Å². The van der Waals surface area contributed by atoms with E-state index in [-0.39, 0.29) is 36.9 Å². The van der Waals surface area contributed by atoms with Gasteiger partial charge in [0, 0.05) is 44.3 Å². The van der Waals surface area contributed by atoms with E-state index in [0.29, 0.717) is 38.9 Å². The molecule has 1 fully saturated rings. The van der Waals surface area contributed by atoms with Crippen molar-refractivity contribution in [1.29, 1.82) is 0 Å². The highest BCUT2D eigenvalue weighted by Crippen LogP contribution is 2.25. The second-order valence-corrected chi connectivity index (χ2v) is 14.9. The van der Waals surface area contributed by atoms with E-state index >= 15 is 0 Å². The van der Waals surface area contributed by atoms with Crippen molar-refractivity contribution in [2.75, 3.05) is 26.7 Å². The minimum absolute atomic E-state index is 0.0613. The van der Waals surface area contributed by atoms with Gasteiger partial charge in [-0.05, 0) is 47.1 Å². The number of nitrogens with one attached hydrogen (secondary N) is 3. The fourth-order valence-corrected chi connectivity index (χ4v) is 7.27. The van der Waals surface area contributed by atoms with E-state index in [0.717, 1.165) is 27.6 Å². The van der Waals surface area contributed by atoms with Crippen molar-refractivity contribution in [3.63, 3.8) is 0 Å². The fraction of sp³-hybridized carbons (Fsp3) is 0.432. The predicted octanol–water partition coefficient (Wildman–Crippen LogP) is 5.28. The molecule has 0 saturated carbocycles. The van der Waals surface area contributed by atoms with Gasteiger partial charge in [-0.2, -0.15) is 0 Å². The molecule has 57 heavy (non-hydrogen) atoms. The van der Waals surface area contributed by atoms with Crippen molar-refractivity contribution < 1.29 is 29.0 Å². The number of urea groups is 1. The number of aliphatic hydroxyl groups is 1. The SMILES string of the molecule is CC[C@H](C)[C@H](NC(=O)OC)C(=O)NN(Cc1ccccc1)C[C@H](O)[C@H](Cc1ccccc1)NC(=O)[C@H]([C@@H](C)CC)N1CCN(Cc2ccnc3ccccc23)C1=O. The van der Waals surface area contributed by atoms with Gasteiger partial charge in [-0.3, -0.25) is 20.0 Å². The van der Waals surface area contributed by atoms with E-state index in [4.69, 9.17) is 4.74 Å². The number of nitrogens with zero attached hydrogens (tertiary/aromatic N) is 4. The Balaban J connectivity index is 1.38. The molecule has 3 aromatic carbocycles. The van der Waals surface area contributed by atoms with Crippen molar-refractivity contribution in [3.05, 3.63) is 114 Å². The Hall–Kier alpha value is -5.53. The molecule has 1 aromatic heterocycles. The number of para-hydroxylation sites is 1. The molecule has 1 aliphatic heterocycles. The van der Waals surface area contributed by atoms with Crippen LogP contribution in [0.25, 0.3) is 10.9 Å². The molecular formula is C44H57N7O6. The van der Waals surface area contributed by atoms with Crippen LogP contribution in [0.2, 0.25) is 0 Å². The maximum Gasteiger partial charge on any atom is 0.407 e. The Morgan fingerprint density at radius 3 is 2.16 bits per heavy atom. The van der Waals surface area contributed by atoms with E-state index in [1.807, 2.05) is 119 Å². The highest BCUT2D eigenvalue weighted by Gasteiger charge is 2.41. The third kappa shape index (κ3) is 11.3. The van der Waals surface area contributed by atoms with Crippen molar-refractivity contribution in [2.45, 2.75) is 84.3 Å². The van der Waals surface area contributed by atoms with Gasteiger partial charge in [-0.25, -0.2) is 14.6 Å². The van der Waals surface area contributed by atoms with Gasteiger partial charge in [0.1, 0.15) is 12.1 Å². The van der Waals surface area contributed by atoms with Crippen LogP contribution in [0.1, 0.15) is 57.2 Å². The number of amides is 5. The number of carbonyl (C=O) groups is 4. The summed E-state index contributed by atoms with van der Waals surface area (Å²) in [6, 6.07) is 26.1. The normalized spacial score (nSPS) is 16.1. The first-order valence-corrected chi connectivity index (χ1v) is 19.9. The molecule has 2 heterocycles. The number of ether oxygens (including phenoxy) is 1. The van der Waals surface area contributed by atoms with Gasteiger partial charge < -0.3 is 30.3 Å². The zero-order valence-electron chi connectivity index (χ0n) is 33.6. The molecule has 0 aliphatic carbocycles. The van der Waals surface area contributed by atoms with Crippen LogP contribution in [0.15, 0.2) is 97.2 Å². The maximum absolute atomic E-state index is 14.5. The van der Waals surface area contributed by atoms with Crippen LogP contribution in [0.4, 0.5) is 9.59 Å². The van der Waals surface area contributed by atoms with E-state index in [1.165, 1.54) is 7.11 Å². The zero-order valence-corrected chi connectivity index (χ0v) is 33.6. The summed E-state index contributed by atoms with van der Waals surface area (Å²) in [5.74, 6) is -1.22. The number of rotatable bonds is 19. The van der Waals surface area contributed by atoms with Gasteiger partial charge in [-0.15, -0.1) is 0 Å². The molecule has 1 aliphatic rings. The summed E-state index contributed by atoms with van der Waals surface area (Å²) in [6.45, 7) is 9.15. The summed E-state index contributed by atoms with van der Waals surface area (Å²) in [7, 11) is 1.24. The third-order valence-electron chi connectivity index (χ3n) is 11.0. The first-order valence-electron chi connectivity index (χ1n) is 19.9. The molecule has 5 rings (SSSR count). The van der Waals surface area contributed by atoms with Crippen LogP contribution in [0, 0.1) is 11.8 Å². The molecule has 6 atom stereocenters. The number of pyridine rings is 1. The minimum Gasteiger partial charge on any atom is -0.453 e. The Kier molecular flexibility index (Phi) is 15.4. The number of aliphatic hydroxyl groups excluding tert-OH is 1. The van der Waals surface area contributed by atoms with Crippen LogP contribution in [0.3, 0.4) is 0 Å². The minimum atomic E-state index is -1.17. The van der Waals surface area contributed by atoms with Gasteiger partial charge in [0.05, 0.1) is 24.8 Å². The highest BCUT2D eigenvalue weighted by molar-refractivity contribution is 5.89. The van der Waals surface area contributed by atoms with Gasteiger partial charge in [0.2, 0.25) is 5.91 Å². The van der Waals surface area contributed by atoms with Crippen LogP contribution in [-0.4, -0.2) is 99.8 Å². The quantitative estimate of drug-likeness (QED) is 0.0938. The molecule has 0 radical (unpaired) electrons. The lowest BCUT2D eigenvalue weighted by Crippen LogP contribution is -2.59. The third-order valence-corrected chi connectivity index (χ3v) is 11.0. The zero-order chi connectivity index (χ0) is 40.9. The number of fused-ring (bicyclic) bond motifs is 1. The van der Waals surface area contributed by atoms with Crippen LogP contribution in [-0.2, 0) is 33.8 Å². The lowest BCUT2D eigenvalue weighted by molar-refractivity contribution is -0.132. The largest absolute Gasteiger partial charge is 0.453 e. The Labute approximate surface area is 335 Å². The number of carbonyl (C=O) groups excluding carboxylic acids is 4. The number of hydrogen-bond donors (Lipinski definition) is 4. The fourth-order valence-electron chi connectivity index (χ4n) is 7.27. The molecule has 13 nitrogen and oxygen atoms in total. The molecular weight excluding hydrogens is 723 g/mol. The maximum atomic E-state index is 14.5. The van der Waals surface area contributed by atoms with Crippen LogP contribution >= 0.6 is 0 Å². The van der Waals surface area contributed by atoms with Gasteiger partial charge in [0.15, 0.2) is 0 Å². The number of benzene rings is 3. The summed E-state index contributed by atoms with van der Waals surface area (Å²) < 4.78 is 4.80. The molecule has 304 valence electrons. The summed E-state index contributed by atoms with van der Waals surface area (Å²) in [4.78, 5) is 62.5. The molecule has 13 heteroatoms. The van der Waals surface area contributed by atoms with E-state index in [1.54, 1.807) is 21.0 Å². The molecule has 1 saturated heterocycles. The Morgan fingerprint density at radius 1 is 0.842 bits per heavy atom. The first-order chi connectivity index (χ1) is 27.5. The highest BCUT2D eigenvalue weighted by atomic mass is 16.5. The van der Waals surface area contributed by atoms with E-state index in [2.05, 4.69) is 21.0 Å². The summed E-state index contributed by atoms with van der Waals surface area (Å²) >= 11 is 0. The number of alkyl carbamates (subject to hydrolysis) is 1. The lowest BCUT2D eigenvalue weighted by atomic mass is 9.95. The summed E-state index contributed by atoms with van der Waals surface area (Å²) in [5.41, 5.74) is 6.55. The Morgan fingerprint density at radius 2 is 1.49 bits per heavy atom. The first kappa shape index (κ1) is 42.6. The molecule has 4 N–H and O–H groups in total. The predicted molar refractivity (Wildman–Crippen MR) is 219 cm³/mol. The van der Waals surface area contributed by atoms with E-state index in [9.17, 15) is 24.3 Å². The average molecular weight is 780 g/mol. The molecule has 4 aromatic rings. The molecule has 0 spiro atoms. The van der Waals surface area contributed by atoms with E-state index < -0.39 is 36.2 Å². The second-order valence-electron chi connectivity index (χ2n) is 14.9. The topological polar surface area (TPSA) is 156 Å². The molecule has 0 unspecified atom stereocenters. The van der Waals surface area contributed by atoms with Crippen LogP contribution < -0.4 is 16.1 Å². The van der Waals surface area contributed by atoms with Gasteiger partial charge >= 0.3 is 12.1 Å². The smallest absolute Gasteiger partial charge is 0.407 e. The Bertz CT molecular complexity index is 1930. The number of hydrogen-bond acceptors (Lipinski definition) is 8. The van der Waals surface area contributed by atoms with Crippen LogP contribution in [0.5, 0.6) is 0 Å². The van der Waals surface area contributed by atoms with Crippen molar-refractivity contribution in [1.82, 2.24) is 35.9 Å². The monoisotopic (exact) mass is 779 g/mol. The van der Waals surface area contributed by atoms with Crippen molar-refractivity contribution in [2.24, 2.45) is 11.8 Å². The molecule has 0 bridgehead atoms. The number of methoxy groups -OCH3 is 1. The summed E-state index contributed by atoms with van der Waals surface area (Å²) in [6.07, 6.45) is 1.41. The average Bonchev–Trinajstić information content (AvgIpc) is 3.58. The summed E-state index contributed by atoms with van der Waals surface area (Å²) in [5, 5.41) is 20.4. The second kappa shape index (κ2) is 20.6. The van der Waals surface area contributed by atoms with Gasteiger partial charge in [0.25, 0.3) is 5.91 Å².